The molecule has 0 bridgehead atoms. The normalized spacial score (nSPS) is 22.8. The summed E-state index contributed by atoms with van der Waals surface area (Å²) >= 11 is 0. The number of rotatable bonds is 3. The van der Waals surface area contributed by atoms with Crippen molar-refractivity contribution in [1.29, 1.82) is 0 Å². The zero-order valence-corrected chi connectivity index (χ0v) is 13.8. The molecule has 1 fully saturated rings. The van der Waals surface area contributed by atoms with Crippen LogP contribution in [0.15, 0.2) is 18.2 Å². The summed E-state index contributed by atoms with van der Waals surface area (Å²) in [5.41, 5.74) is 2.84. The van der Waals surface area contributed by atoms with Crippen molar-refractivity contribution in [3.63, 3.8) is 0 Å². The first kappa shape index (κ1) is 15.4. The van der Waals surface area contributed by atoms with Crippen molar-refractivity contribution < 1.29 is 9.53 Å². The van der Waals surface area contributed by atoms with Crippen LogP contribution in [0.3, 0.4) is 0 Å². The molecule has 1 aliphatic carbocycles. The van der Waals surface area contributed by atoms with Crippen molar-refractivity contribution in [3.8, 4) is 5.75 Å². The van der Waals surface area contributed by atoms with E-state index in [-0.39, 0.29) is 5.91 Å². The summed E-state index contributed by atoms with van der Waals surface area (Å²) in [5.74, 6) is 1.57. The highest BCUT2D eigenvalue weighted by Crippen LogP contribution is 2.26. The molecular formula is C19H27NO2. The average Bonchev–Trinajstić information content (AvgIpc) is 2.54. The Labute approximate surface area is 133 Å². The maximum Gasteiger partial charge on any atom is 0.263 e. The molecule has 0 radical (unpaired) electrons. The smallest absolute Gasteiger partial charge is 0.263 e. The molecule has 3 nitrogen and oxygen atoms in total. The van der Waals surface area contributed by atoms with E-state index in [1.54, 1.807) is 0 Å². The van der Waals surface area contributed by atoms with Crippen LogP contribution >= 0.6 is 0 Å². The molecule has 2 atom stereocenters. The van der Waals surface area contributed by atoms with Crippen molar-refractivity contribution in [2.75, 3.05) is 13.1 Å². The van der Waals surface area contributed by atoms with Crippen molar-refractivity contribution >= 4 is 5.91 Å². The van der Waals surface area contributed by atoms with Crippen LogP contribution in [0.5, 0.6) is 5.75 Å². The van der Waals surface area contributed by atoms with E-state index in [4.69, 9.17) is 4.74 Å². The largest absolute Gasteiger partial charge is 0.481 e. The van der Waals surface area contributed by atoms with E-state index in [0.717, 1.165) is 31.7 Å². The lowest BCUT2D eigenvalue weighted by molar-refractivity contribution is -0.139. The van der Waals surface area contributed by atoms with Gasteiger partial charge in [0.2, 0.25) is 0 Å². The number of ether oxygens (including phenoxy) is 1. The lowest BCUT2D eigenvalue weighted by atomic mass is 9.92. The fourth-order valence-electron chi connectivity index (χ4n) is 3.68. The predicted octanol–water partition coefficient (Wildman–Crippen LogP) is 3.59. The summed E-state index contributed by atoms with van der Waals surface area (Å²) in [4.78, 5) is 14.5. The minimum Gasteiger partial charge on any atom is -0.481 e. The Morgan fingerprint density at radius 3 is 2.77 bits per heavy atom. The molecule has 0 unspecified atom stereocenters. The summed E-state index contributed by atoms with van der Waals surface area (Å²) in [7, 11) is 0. The van der Waals surface area contributed by atoms with Crippen molar-refractivity contribution in [1.82, 2.24) is 4.90 Å². The van der Waals surface area contributed by atoms with E-state index in [0.29, 0.717) is 5.92 Å². The van der Waals surface area contributed by atoms with Gasteiger partial charge in [-0.05, 0) is 74.6 Å². The number of nitrogens with zero attached hydrogens (tertiary/aromatic N) is 1. The Bertz CT molecular complexity index is 540. The van der Waals surface area contributed by atoms with Crippen molar-refractivity contribution in [2.24, 2.45) is 5.92 Å². The summed E-state index contributed by atoms with van der Waals surface area (Å²) in [5, 5.41) is 0. The van der Waals surface area contributed by atoms with E-state index in [1.165, 1.54) is 36.8 Å². The van der Waals surface area contributed by atoms with Gasteiger partial charge in [-0.3, -0.25) is 4.79 Å². The van der Waals surface area contributed by atoms with Crippen LogP contribution in [-0.2, 0) is 17.6 Å². The topological polar surface area (TPSA) is 29.5 Å². The van der Waals surface area contributed by atoms with Gasteiger partial charge in [0.25, 0.3) is 5.91 Å². The second kappa shape index (κ2) is 6.72. The van der Waals surface area contributed by atoms with Crippen LogP contribution in [0.1, 0.15) is 50.7 Å². The number of aryl methyl sites for hydroxylation is 2. The van der Waals surface area contributed by atoms with Crippen LogP contribution in [-0.4, -0.2) is 30.0 Å². The lowest BCUT2D eigenvalue weighted by Crippen LogP contribution is -2.45. The molecule has 0 N–H and O–H groups in total. The standard InChI is InChI=1S/C19H27NO2/c1-14-6-5-11-20(13-14)19(21)15(2)22-18-10-9-16-7-3-4-8-17(16)12-18/h9-10,12,14-15H,3-8,11,13H2,1-2H3/t14-,15-/m1/s1. The van der Waals surface area contributed by atoms with Crippen LogP contribution in [0.4, 0.5) is 0 Å². The van der Waals surface area contributed by atoms with E-state index in [1.807, 2.05) is 17.9 Å². The highest BCUT2D eigenvalue weighted by Gasteiger charge is 2.26. The molecule has 1 heterocycles. The fourth-order valence-corrected chi connectivity index (χ4v) is 3.68. The Balaban J connectivity index is 1.63. The third-order valence-electron chi connectivity index (χ3n) is 4.95. The van der Waals surface area contributed by atoms with E-state index in [2.05, 4.69) is 19.1 Å². The van der Waals surface area contributed by atoms with Crippen molar-refractivity contribution in [2.45, 2.75) is 58.5 Å². The number of fused-ring (bicyclic) bond motifs is 1. The third-order valence-corrected chi connectivity index (χ3v) is 4.95. The molecule has 3 rings (SSSR count). The van der Waals surface area contributed by atoms with Gasteiger partial charge in [-0.2, -0.15) is 0 Å². The molecular weight excluding hydrogens is 274 g/mol. The van der Waals surface area contributed by atoms with E-state index < -0.39 is 6.10 Å². The summed E-state index contributed by atoms with van der Waals surface area (Å²) in [6.07, 6.45) is 6.80. The number of amides is 1. The van der Waals surface area contributed by atoms with Crippen LogP contribution < -0.4 is 4.74 Å². The lowest BCUT2D eigenvalue weighted by Gasteiger charge is -2.32. The fraction of sp³-hybridized carbons (Fsp3) is 0.632. The zero-order valence-electron chi connectivity index (χ0n) is 13.8. The Morgan fingerprint density at radius 2 is 2.00 bits per heavy atom. The molecule has 22 heavy (non-hydrogen) atoms. The second-order valence-corrected chi connectivity index (χ2v) is 6.93. The van der Waals surface area contributed by atoms with E-state index in [9.17, 15) is 4.79 Å². The quantitative estimate of drug-likeness (QED) is 0.854. The van der Waals surface area contributed by atoms with Gasteiger partial charge in [-0.1, -0.05) is 13.0 Å². The van der Waals surface area contributed by atoms with Gasteiger partial charge in [0.15, 0.2) is 6.10 Å². The molecule has 1 aromatic rings. The maximum atomic E-state index is 12.5. The van der Waals surface area contributed by atoms with Gasteiger partial charge >= 0.3 is 0 Å². The number of carbonyl (C=O) groups is 1. The molecule has 1 saturated heterocycles. The number of likely N-dealkylation sites (tertiary alicyclic amines) is 1. The zero-order chi connectivity index (χ0) is 15.5. The molecule has 2 aliphatic rings. The minimum atomic E-state index is -0.396. The van der Waals surface area contributed by atoms with Gasteiger partial charge in [0, 0.05) is 13.1 Å². The molecule has 1 aliphatic heterocycles. The first-order chi connectivity index (χ1) is 10.6. The monoisotopic (exact) mass is 301 g/mol. The Kier molecular flexibility index (Phi) is 4.70. The molecule has 1 aromatic carbocycles. The Morgan fingerprint density at radius 1 is 1.23 bits per heavy atom. The average molecular weight is 301 g/mol. The van der Waals surface area contributed by atoms with Crippen LogP contribution in [0.25, 0.3) is 0 Å². The minimum absolute atomic E-state index is 0.129. The van der Waals surface area contributed by atoms with Gasteiger partial charge < -0.3 is 9.64 Å². The second-order valence-electron chi connectivity index (χ2n) is 6.93. The summed E-state index contributed by atoms with van der Waals surface area (Å²) in [6.45, 7) is 5.84. The number of carbonyl (C=O) groups excluding carboxylic acids is 1. The first-order valence-electron chi connectivity index (χ1n) is 8.71. The molecule has 0 saturated carbocycles. The number of piperidine rings is 1. The number of benzene rings is 1. The molecule has 3 heteroatoms. The Hall–Kier alpha value is -1.51. The van der Waals surface area contributed by atoms with Gasteiger partial charge in [-0.15, -0.1) is 0 Å². The summed E-state index contributed by atoms with van der Waals surface area (Å²) in [6, 6.07) is 6.33. The van der Waals surface area contributed by atoms with Crippen molar-refractivity contribution in [3.05, 3.63) is 29.3 Å². The molecule has 120 valence electrons. The molecule has 0 spiro atoms. The number of hydrogen-bond donors (Lipinski definition) is 0. The van der Waals surface area contributed by atoms with Crippen LogP contribution in [0, 0.1) is 5.92 Å². The predicted molar refractivity (Wildman–Crippen MR) is 88.2 cm³/mol. The number of hydrogen-bond acceptors (Lipinski definition) is 2. The molecule has 1 amide bonds. The third kappa shape index (κ3) is 3.45. The van der Waals surface area contributed by atoms with Crippen LogP contribution in [0.2, 0.25) is 0 Å². The molecule has 0 aromatic heterocycles. The highest BCUT2D eigenvalue weighted by molar-refractivity contribution is 5.81. The highest BCUT2D eigenvalue weighted by atomic mass is 16.5. The van der Waals surface area contributed by atoms with Gasteiger partial charge in [0.05, 0.1) is 0 Å². The first-order valence-corrected chi connectivity index (χ1v) is 8.71. The van der Waals surface area contributed by atoms with E-state index >= 15 is 0 Å². The summed E-state index contributed by atoms with van der Waals surface area (Å²) < 4.78 is 5.94. The SMILES string of the molecule is C[C@@H]1CCCN(C(=O)[C@@H](C)Oc2ccc3c(c2)CCCC3)C1. The van der Waals surface area contributed by atoms with Gasteiger partial charge in [-0.25, -0.2) is 0 Å². The van der Waals surface area contributed by atoms with Gasteiger partial charge in [0.1, 0.15) is 5.75 Å². The maximum absolute atomic E-state index is 12.5.